The Labute approximate surface area is 349 Å². The van der Waals surface area contributed by atoms with Crippen LogP contribution in [0.2, 0.25) is 0 Å². The van der Waals surface area contributed by atoms with Crippen molar-refractivity contribution in [1.29, 1.82) is 0 Å². The standard InChI is InChI=1S/C48H92O9/c1-4-6-7-8-9-10-11-12-13-14-15-16-17-18-19-20-21-22-27-30-33-36-42(51)44(52)40(38-56-48-47(55)46(54)45(53)43(37-49)57-48)41(50)35-32-29-26-24-23-25-28-31-34-39(3)5-2/h32,35,39-43,45-51,53-55H,4-31,33-34,36-38H2,1-3H3/b35-32+/t39?,40-,41+,42+,43+,45-,46-,47+,48+/m0/s1. The average Bonchev–Trinajstić information content (AvgIpc) is 3.21. The molecule has 9 nitrogen and oxygen atoms in total. The Morgan fingerprint density at radius 2 is 1.05 bits per heavy atom. The third-order valence-electron chi connectivity index (χ3n) is 12.3. The Morgan fingerprint density at radius 3 is 1.51 bits per heavy atom. The molecule has 0 radical (unpaired) electrons. The van der Waals surface area contributed by atoms with Crippen LogP contribution in [0.5, 0.6) is 0 Å². The fourth-order valence-corrected chi connectivity index (χ4v) is 7.95. The number of hydrogen-bond donors (Lipinski definition) is 6. The summed E-state index contributed by atoms with van der Waals surface area (Å²) in [5, 5.41) is 62.3. The second-order valence-corrected chi connectivity index (χ2v) is 17.5. The van der Waals surface area contributed by atoms with E-state index in [4.69, 9.17) is 9.47 Å². The molecule has 1 fully saturated rings. The first-order valence-electron chi connectivity index (χ1n) is 24.2. The lowest BCUT2D eigenvalue weighted by Gasteiger charge is -2.40. The minimum absolute atomic E-state index is 0.294. The molecule has 1 aliphatic heterocycles. The van der Waals surface area contributed by atoms with Crippen LogP contribution in [0, 0.1) is 11.8 Å². The maximum atomic E-state index is 13.5. The molecule has 1 aliphatic rings. The van der Waals surface area contributed by atoms with Crippen molar-refractivity contribution < 1.29 is 44.9 Å². The lowest BCUT2D eigenvalue weighted by atomic mass is 9.91. The maximum absolute atomic E-state index is 13.5. The Morgan fingerprint density at radius 1 is 0.614 bits per heavy atom. The summed E-state index contributed by atoms with van der Waals surface area (Å²) in [6, 6.07) is 0. The van der Waals surface area contributed by atoms with E-state index in [1.165, 1.54) is 148 Å². The van der Waals surface area contributed by atoms with Gasteiger partial charge < -0.3 is 40.1 Å². The van der Waals surface area contributed by atoms with Gasteiger partial charge in [-0.2, -0.15) is 0 Å². The first kappa shape index (κ1) is 54.1. The highest BCUT2D eigenvalue weighted by Crippen LogP contribution is 2.25. The van der Waals surface area contributed by atoms with Crippen molar-refractivity contribution in [2.75, 3.05) is 13.2 Å². The molecule has 0 bridgehead atoms. The summed E-state index contributed by atoms with van der Waals surface area (Å²) in [7, 11) is 0. The Balaban J connectivity index is 2.35. The summed E-state index contributed by atoms with van der Waals surface area (Å²) in [6.07, 6.45) is 31.3. The number of carbonyl (C=O) groups excluding carboxylic acids is 1. The molecule has 1 unspecified atom stereocenters. The molecule has 0 amide bonds. The molecule has 57 heavy (non-hydrogen) atoms. The van der Waals surface area contributed by atoms with Crippen LogP contribution < -0.4 is 0 Å². The number of ketones is 1. The lowest BCUT2D eigenvalue weighted by molar-refractivity contribution is -0.303. The normalized spacial score (nSPS) is 22.2. The minimum Gasteiger partial charge on any atom is -0.394 e. The summed E-state index contributed by atoms with van der Waals surface area (Å²) >= 11 is 0. The molecule has 0 aromatic carbocycles. The fraction of sp³-hybridized carbons (Fsp3) is 0.938. The molecule has 0 aromatic rings. The molecular weight excluding hydrogens is 721 g/mol. The number of hydrogen-bond acceptors (Lipinski definition) is 9. The van der Waals surface area contributed by atoms with E-state index >= 15 is 0 Å². The molecule has 0 saturated carbocycles. The topological polar surface area (TPSA) is 157 Å². The largest absolute Gasteiger partial charge is 0.394 e. The number of ether oxygens (including phenoxy) is 2. The molecule has 338 valence electrons. The van der Waals surface area contributed by atoms with Crippen molar-refractivity contribution in [1.82, 2.24) is 0 Å². The van der Waals surface area contributed by atoms with Gasteiger partial charge in [0.25, 0.3) is 0 Å². The third-order valence-corrected chi connectivity index (χ3v) is 12.3. The summed E-state index contributed by atoms with van der Waals surface area (Å²) in [6.45, 7) is 5.85. The first-order chi connectivity index (χ1) is 27.7. The van der Waals surface area contributed by atoms with Gasteiger partial charge in [-0.15, -0.1) is 0 Å². The Kier molecular flexibility index (Phi) is 35.0. The average molecular weight is 813 g/mol. The molecule has 0 aromatic heterocycles. The number of rotatable bonds is 40. The van der Waals surface area contributed by atoms with Gasteiger partial charge in [0.2, 0.25) is 0 Å². The maximum Gasteiger partial charge on any atom is 0.186 e. The molecule has 6 N–H and O–H groups in total. The highest BCUT2D eigenvalue weighted by Gasteiger charge is 2.44. The Hall–Kier alpha value is -0.910. The van der Waals surface area contributed by atoms with Crippen molar-refractivity contribution in [3.8, 4) is 0 Å². The van der Waals surface area contributed by atoms with E-state index in [9.17, 15) is 35.4 Å². The van der Waals surface area contributed by atoms with E-state index in [0.717, 1.165) is 44.4 Å². The van der Waals surface area contributed by atoms with Crippen LogP contribution in [0.25, 0.3) is 0 Å². The van der Waals surface area contributed by atoms with Crippen LogP contribution in [-0.2, 0) is 14.3 Å². The molecule has 9 atom stereocenters. The number of allylic oxidation sites excluding steroid dienone is 1. The number of unbranched alkanes of at least 4 members (excludes halogenated alkanes) is 26. The third kappa shape index (κ3) is 26.8. The van der Waals surface area contributed by atoms with E-state index in [2.05, 4.69) is 20.8 Å². The summed E-state index contributed by atoms with van der Waals surface area (Å²) in [5.74, 6) is -0.861. The van der Waals surface area contributed by atoms with Crippen molar-refractivity contribution in [3.63, 3.8) is 0 Å². The second-order valence-electron chi connectivity index (χ2n) is 17.5. The van der Waals surface area contributed by atoms with Gasteiger partial charge in [-0.1, -0.05) is 213 Å². The number of carbonyl (C=O) groups is 1. The van der Waals surface area contributed by atoms with Crippen LogP contribution in [0.15, 0.2) is 12.2 Å². The Bertz CT molecular complexity index is 930. The van der Waals surface area contributed by atoms with Gasteiger partial charge in [0.05, 0.1) is 25.2 Å². The highest BCUT2D eigenvalue weighted by atomic mass is 16.7. The van der Waals surface area contributed by atoms with Crippen LogP contribution in [0.4, 0.5) is 0 Å². The second kappa shape index (κ2) is 36.9. The summed E-state index contributed by atoms with van der Waals surface area (Å²) in [5.41, 5.74) is 0. The van der Waals surface area contributed by atoms with E-state index in [0.29, 0.717) is 12.8 Å². The molecule has 9 heteroatoms. The predicted molar refractivity (Wildman–Crippen MR) is 233 cm³/mol. The van der Waals surface area contributed by atoms with Crippen LogP contribution in [0.1, 0.15) is 220 Å². The SMILES string of the molecule is CCCCCCCCCCCCCCCCCCCCCCC[C@@H](O)C(=O)[C@@H](CO[C@@H]1O[C@H](CO)[C@H](O)[C@H](O)[C@H]1O)[C@H](O)/C=C/CCCCCCCCC(C)CC. The van der Waals surface area contributed by atoms with Crippen molar-refractivity contribution in [2.45, 2.75) is 263 Å². The van der Waals surface area contributed by atoms with E-state index in [-0.39, 0.29) is 6.61 Å². The van der Waals surface area contributed by atoms with Gasteiger partial charge in [0, 0.05) is 0 Å². The minimum atomic E-state index is -1.62. The molecular formula is C48H92O9. The molecule has 1 heterocycles. The van der Waals surface area contributed by atoms with Crippen LogP contribution in [-0.4, -0.2) is 92.5 Å². The van der Waals surface area contributed by atoms with Gasteiger partial charge in [-0.3, -0.25) is 4.79 Å². The zero-order chi connectivity index (χ0) is 41.9. The number of Topliss-reactive ketones (excluding diaryl/α,β-unsaturated/α-hetero) is 1. The molecule has 0 aliphatic carbocycles. The molecule has 0 spiro atoms. The van der Waals surface area contributed by atoms with E-state index in [1.807, 2.05) is 6.08 Å². The fourth-order valence-electron chi connectivity index (χ4n) is 7.95. The highest BCUT2D eigenvalue weighted by molar-refractivity contribution is 5.86. The van der Waals surface area contributed by atoms with Crippen LogP contribution in [0.3, 0.4) is 0 Å². The predicted octanol–water partition coefficient (Wildman–Crippen LogP) is 10.0. The summed E-state index contributed by atoms with van der Waals surface area (Å²) in [4.78, 5) is 13.5. The van der Waals surface area contributed by atoms with Gasteiger partial charge in [-0.25, -0.2) is 0 Å². The molecule has 1 rings (SSSR count). The monoisotopic (exact) mass is 813 g/mol. The molecule has 1 saturated heterocycles. The zero-order valence-corrected chi connectivity index (χ0v) is 37.1. The van der Waals surface area contributed by atoms with Gasteiger partial charge in [0.15, 0.2) is 12.1 Å². The lowest BCUT2D eigenvalue weighted by Crippen LogP contribution is -2.59. The van der Waals surface area contributed by atoms with Crippen molar-refractivity contribution >= 4 is 5.78 Å². The van der Waals surface area contributed by atoms with Gasteiger partial charge in [-0.05, 0) is 25.2 Å². The van der Waals surface area contributed by atoms with Crippen LogP contribution >= 0.6 is 0 Å². The van der Waals surface area contributed by atoms with E-state index in [1.54, 1.807) is 6.08 Å². The summed E-state index contributed by atoms with van der Waals surface area (Å²) < 4.78 is 11.1. The van der Waals surface area contributed by atoms with Crippen molar-refractivity contribution in [3.05, 3.63) is 12.2 Å². The van der Waals surface area contributed by atoms with Gasteiger partial charge in [0.1, 0.15) is 30.5 Å². The number of aliphatic hydroxyl groups is 6. The quantitative estimate of drug-likeness (QED) is 0.0262. The zero-order valence-electron chi connectivity index (χ0n) is 37.1. The van der Waals surface area contributed by atoms with E-state index < -0.39 is 61.2 Å². The smallest absolute Gasteiger partial charge is 0.186 e. The van der Waals surface area contributed by atoms with Crippen molar-refractivity contribution in [2.24, 2.45) is 11.8 Å². The van der Waals surface area contributed by atoms with Gasteiger partial charge >= 0.3 is 0 Å². The first-order valence-corrected chi connectivity index (χ1v) is 24.2. The number of aliphatic hydroxyl groups excluding tert-OH is 6.